The fraction of sp³-hybridized carbons (Fsp3) is 1.00. The molecule has 0 fully saturated rings. The van der Waals surface area contributed by atoms with Crippen molar-refractivity contribution in [3.05, 3.63) is 0 Å². The molecule has 2 N–H and O–H groups in total. The van der Waals surface area contributed by atoms with Gasteiger partial charge in [0.15, 0.2) is 0 Å². The van der Waals surface area contributed by atoms with Crippen LogP contribution in [0.4, 0.5) is 0 Å². The summed E-state index contributed by atoms with van der Waals surface area (Å²) in [7, 11) is -4.82. The van der Waals surface area contributed by atoms with Gasteiger partial charge in [-0.25, -0.2) is 8.42 Å². The van der Waals surface area contributed by atoms with E-state index in [0.29, 0.717) is 0 Å². The van der Waals surface area contributed by atoms with Crippen LogP contribution in [0.1, 0.15) is 0 Å². The molecule has 62 valence electrons. The zero-order valence-corrected chi connectivity index (χ0v) is 8.74. The van der Waals surface area contributed by atoms with Crippen molar-refractivity contribution in [3.8, 4) is 0 Å². The fourth-order valence-corrected chi connectivity index (χ4v) is 0.740. The summed E-state index contributed by atoms with van der Waals surface area (Å²) < 4.78 is 32.9. The molecule has 0 atom stereocenters. The standard InChI is InChI=1S/C3H8O6S.Na/c4-1-3(2-5)9-10(6,7)8;/h3-5H,1-2H2,(H,6,7,8);/q;+1/p-1. The molecule has 0 unspecified atom stereocenters. The van der Waals surface area contributed by atoms with Crippen molar-refractivity contribution in [3.63, 3.8) is 0 Å². The molecule has 8 heteroatoms. The summed E-state index contributed by atoms with van der Waals surface area (Å²) >= 11 is 0. The minimum Gasteiger partial charge on any atom is -0.726 e. The third-order valence-electron chi connectivity index (χ3n) is 0.661. The molecule has 0 aromatic heterocycles. The molecule has 0 spiro atoms. The van der Waals surface area contributed by atoms with Crippen molar-refractivity contribution in [2.75, 3.05) is 13.2 Å². The Morgan fingerprint density at radius 3 is 1.82 bits per heavy atom. The Balaban J connectivity index is 0. The van der Waals surface area contributed by atoms with Gasteiger partial charge in [-0.05, 0) is 0 Å². The fourth-order valence-electron chi connectivity index (χ4n) is 0.285. The molecule has 0 saturated heterocycles. The Kier molecular flexibility index (Phi) is 8.23. The van der Waals surface area contributed by atoms with Crippen LogP contribution in [0, 0.1) is 0 Å². The molecular formula is C3H7NaO6S. The van der Waals surface area contributed by atoms with Gasteiger partial charge in [0.2, 0.25) is 10.4 Å². The Morgan fingerprint density at radius 1 is 1.36 bits per heavy atom. The molecule has 0 aliphatic carbocycles. The van der Waals surface area contributed by atoms with Crippen LogP contribution >= 0.6 is 0 Å². The van der Waals surface area contributed by atoms with E-state index in [4.69, 9.17) is 10.2 Å². The van der Waals surface area contributed by atoms with Crippen LogP contribution < -0.4 is 29.6 Å². The Morgan fingerprint density at radius 2 is 1.73 bits per heavy atom. The number of aliphatic hydroxyl groups excluding tert-OH is 2. The van der Waals surface area contributed by atoms with E-state index in [-0.39, 0.29) is 29.6 Å². The van der Waals surface area contributed by atoms with Crippen LogP contribution in [0.3, 0.4) is 0 Å². The van der Waals surface area contributed by atoms with E-state index >= 15 is 0 Å². The van der Waals surface area contributed by atoms with E-state index in [1.165, 1.54) is 0 Å². The van der Waals surface area contributed by atoms with Crippen LogP contribution in [0.2, 0.25) is 0 Å². The molecule has 0 aromatic carbocycles. The number of rotatable bonds is 4. The molecule has 6 nitrogen and oxygen atoms in total. The monoisotopic (exact) mass is 194 g/mol. The van der Waals surface area contributed by atoms with E-state index in [9.17, 15) is 13.0 Å². The number of hydrogen-bond acceptors (Lipinski definition) is 6. The number of aliphatic hydroxyl groups is 2. The van der Waals surface area contributed by atoms with Crippen LogP contribution in [0.5, 0.6) is 0 Å². The van der Waals surface area contributed by atoms with Gasteiger partial charge < -0.3 is 14.8 Å². The first-order valence-corrected chi connectivity index (χ1v) is 3.68. The van der Waals surface area contributed by atoms with Gasteiger partial charge in [0.1, 0.15) is 6.10 Å². The summed E-state index contributed by atoms with van der Waals surface area (Å²) in [6, 6.07) is 0. The first-order valence-electron chi connectivity index (χ1n) is 2.35. The van der Waals surface area contributed by atoms with Crippen LogP contribution in [-0.2, 0) is 14.6 Å². The van der Waals surface area contributed by atoms with E-state index in [0.717, 1.165) is 0 Å². The van der Waals surface area contributed by atoms with Gasteiger partial charge in [-0.3, -0.25) is 4.18 Å². The van der Waals surface area contributed by atoms with Crippen LogP contribution in [0.25, 0.3) is 0 Å². The molecule has 0 amide bonds. The Bertz CT molecular complexity index is 172. The zero-order valence-electron chi connectivity index (χ0n) is 5.93. The molecule has 0 aromatic rings. The summed E-state index contributed by atoms with van der Waals surface area (Å²) in [6.45, 7) is -1.42. The largest absolute Gasteiger partial charge is 1.00 e. The SMILES string of the molecule is O=S(=O)([O-])OC(CO)CO.[Na+]. The minimum atomic E-state index is -4.82. The normalized spacial score (nSPS) is 11.3. The molecule has 0 rings (SSSR count). The quantitative estimate of drug-likeness (QED) is 0.263. The second-order valence-corrected chi connectivity index (χ2v) is 2.50. The second-order valence-electron chi connectivity index (χ2n) is 1.49. The maximum absolute atomic E-state index is 9.76. The van der Waals surface area contributed by atoms with Crippen molar-refractivity contribution in [1.29, 1.82) is 0 Å². The van der Waals surface area contributed by atoms with Crippen LogP contribution in [0.15, 0.2) is 0 Å². The van der Waals surface area contributed by atoms with Crippen LogP contribution in [-0.4, -0.2) is 42.5 Å². The van der Waals surface area contributed by atoms with Gasteiger partial charge >= 0.3 is 29.6 Å². The summed E-state index contributed by atoms with van der Waals surface area (Å²) in [5.74, 6) is 0. The van der Waals surface area contributed by atoms with E-state index in [2.05, 4.69) is 4.18 Å². The van der Waals surface area contributed by atoms with Gasteiger partial charge in [-0.2, -0.15) is 0 Å². The van der Waals surface area contributed by atoms with Gasteiger partial charge in [0, 0.05) is 0 Å². The molecule has 0 aliphatic heterocycles. The maximum Gasteiger partial charge on any atom is 1.00 e. The second kappa shape index (κ2) is 6.32. The first-order chi connectivity index (χ1) is 4.49. The van der Waals surface area contributed by atoms with Crippen molar-refractivity contribution in [2.45, 2.75) is 6.10 Å². The predicted octanol–water partition coefficient (Wildman–Crippen LogP) is -5.18. The average Bonchev–Trinajstić information content (AvgIpc) is 1.81. The number of hydrogen-bond donors (Lipinski definition) is 2. The molecule has 11 heavy (non-hydrogen) atoms. The summed E-state index contributed by atoms with van der Waals surface area (Å²) in [5, 5.41) is 16.4. The Hall–Kier alpha value is 0.790. The summed E-state index contributed by atoms with van der Waals surface area (Å²) in [6.07, 6.45) is -1.34. The third kappa shape index (κ3) is 8.70. The predicted molar refractivity (Wildman–Crippen MR) is 28.7 cm³/mol. The first kappa shape index (κ1) is 14.3. The molecule has 0 heterocycles. The molecule has 0 aliphatic rings. The maximum atomic E-state index is 9.76. The minimum absolute atomic E-state index is 0. The smallest absolute Gasteiger partial charge is 0.726 e. The molecule has 0 saturated carbocycles. The molecular weight excluding hydrogens is 187 g/mol. The Labute approximate surface area is 86.4 Å². The third-order valence-corrected chi connectivity index (χ3v) is 1.17. The zero-order chi connectivity index (χ0) is 8.20. The van der Waals surface area contributed by atoms with Crippen molar-refractivity contribution in [2.24, 2.45) is 0 Å². The topological polar surface area (TPSA) is 107 Å². The van der Waals surface area contributed by atoms with Gasteiger partial charge in [0.25, 0.3) is 0 Å². The van der Waals surface area contributed by atoms with Crippen molar-refractivity contribution in [1.82, 2.24) is 0 Å². The summed E-state index contributed by atoms with van der Waals surface area (Å²) in [4.78, 5) is 0. The van der Waals surface area contributed by atoms with Crippen molar-refractivity contribution < 1.29 is 56.9 Å². The molecule has 0 radical (unpaired) electrons. The van der Waals surface area contributed by atoms with Gasteiger partial charge in [-0.15, -0.1) is 0 Å². The van der Waals surface area contributed by atoms with E-state index in [1.807, 2.05) is 0 Å². The summed E-state index contributed by atoms with van der Waals surface area (Å²) in [5.41, 5.74) is 0. The van der Waals surface area contributed by atoms with E-state index in [1.54, 1.807) is 0 Å². The van der Waals surface area contributed by atoms with E-state index < -0.39 is 29.7 Å². The molecule has 0 bridgehead atoms. The van der Waals surface area contributed by atoms with Crippen molar-refractivity contribution >= 4 is 10.4 Å². The average molecular weight is 194 g/mol. The van der Waals surface area contributed by atoms with Gasteiger partial charge in [-0.1, -0.05) is 0 Å². The van der Waals surface area contributed by atoms with Gasteiger partial charge in [0.05, 0.1) is 13.2 Å².